The number of hydrogen-bond acceptors (Lipinski definition) is 3. The number of rotatable bonds is 2. The molecule has 0 bridgehead atoms. The minimum absolute atomic E-state index is 0.0160. The van der Waals surface area contributed by atoms with Crippen LogP contribution in [0.15, 0.2) is 33.6 Å². The molecule has 2 rings (SSSR count). The molecule has 1 heterocycles. The molecule has 4 nitrogen and oxygen atoms in total. The molecular weight excluding hydrogens is 328 g/mol. The van der Waals surface area contributed by atoms with Crippen LogP contribution in [0.1, 0.15) is 13.8 Å². The van der Waals surface area contributed by atoms with Crippen LogP contribution in [-0.4, -0.2) is 49.8 Å². The van der Waals surface area contributed by atoms with Crippen LogP contribution in [0.25, 0.3) is 0 Å². The lowest BCUT2D eigenvalue weighted by molar-refractivity contribution is 0.123. The molecule has 0 aromatic heterocycles. The predicted octanol–water partition coefficient (Wildman–Crippen LogP) is 2.16. The molecule has 0 N–H and O–H groups in total. The summed E-state index contributed by atoms with van der Waals surface area (Å²) in [4.78, 5) is 2.52. The van der Waals surface area contributed by atoms with Crippen LogP contribution in [0.2, 0.25) is 0 Å². The highest BCUT2D eigenvalue weighted by atomic mass is 79.9. The van der Waals surface area contributed by atoms with Crippen LogP contribution in [0, 0.1) is 0 Å². The molecule has 1 fully saturated rings. The molecule has 1 aromatic carbocycles. The second kappa shape index (κ2) is 5.52. The van der Waals surface area contributed by atoms with Gasteiger partial charge in [0.15, 0.2) is 0 Å². The maximum absolute atomic E-state index is 12.8. The van der Waals surface area contributed by atoms with E-state index in [4.69, 9.17) is 0 Å². The first kappa shape index (κ1) is 15.0. The van der Waals surface area contributed by atoms with Crippen LogP contribution >= 0.6 is 15.9 Å². The first-order chi connectivity index (χ1) is 8.82. The van der Waals surface area contributed by atoms with Gasteiger partial charge in [0.1, 0.15) is 0 Å². The summed E-state index contributed by atoms with van der Waals surface area (Å²) < 4.78 is 27.9. The van der Waals surface area contributed by atoms with Crippen LogP contribution < -0.4 is 0 Å². The van der Waals surface area contributed by atoms with Crippen molar-refractivity contribution in [1.29, 1.82) is 0 Å². The average Bonchev–Trinajstić information content (AvgIpc) is 2.26. The Hall–Kier alpha value is -0.430. The van der Waals surface area contributed by atoms with Crippen LogP contribution in [0.3, 0.4) is 0 Å². The van der Waals surface area contributed by atoms with Crippen molar-refractivity contribution in [3.63, 3.8) is 0 Å². The molecule has 0 unspecified atom stereocenters. The number of halogens is 1. The van der Waals surface area contributed by atoms with Gasteiger partial charge in [-0.1, -0.05) is 22.0 Å². The third-order valence-electron chi connectivity index (χ3n) is 3.39. The van der Waals surface area contributed by atoms with Gasteiger partial charge in [0.25, 0.3) is 0 Å². The van der Waals surface area contributed by atoms with Crippen molar-refractivity contribution in [3.05, 3.63) is 28.7 Å². The summed E-state index contributed by atoms with van der Waals surface area (Å²) in [6, 6.07) is 6.86. The SMILES string of the molecule is C[C@H]1CN(C)C[C@H](C)N1S(=O)(=O)c1cccc(Br)c1. The summed E-state index contributed by atoms with van der Waals surface area (Å²) in [5, 5.41) is 0. The second-order valence-corrected chi connectivity index (χ2v) is 7.97. The van der Waals surface area contributed by atoms with Gasteiger partial charge in [-0.25, -0.2) is 8.42 Å². The molecule has 19 heavy (non-hydrogen) atoms. The number of piperazine rings is 1. The number of hydrogen-bond donors (Lipinski definition) is 0. The van der Waals surface area contributed by atoms with E-state index >= 15 is 0 Å². The van der Waals surface area contributed by atoms with E-state index in [0.717, 1.165) is 17.6 Å². The number of nitrogens with zero attached hydrogens (tertiary/aromatic N) is 2. The molecule has 0 amide bonds. The number of benzene rings is 1. The van der Waals surface area contributed by atoms with Gasteiger partial charge in [-0.05, 0) is 39.1 Å². The van der Waals surface area contributed by atoms with Crippen molar-refractivity contribution in [2.45, 2.75) is 30.8 Å². The van der Waals surface area contributed by atoms with Gasteiger partial charge >= 0.3 is 0 Å². The molecule has 0 spiro atoms. The molecule has 2 atom stereocenters. The van der Waals surface area contributed by atoms with Gasteiger partial charge in [0, 0.05) is 29.6 Å². The van der Waals surface area contributed by atoms with Gasteiger partial charge in [-0.3, -0.25) is 0 Å². The molecule has 1 aromatic rings. The van der Waals surface area contributed by atoms with E-state index in [2.05, 4.69) is 20.8 Å². The maximum Gasteiger partial charge on any atom is 0.243 e. The molecule has 6 heteroatoms. The lowest BCUT2D eigenvalue weighted by Crippen LogP contribution is -2.57. The summed E-state index contributed by atoms with van der Waals surface area (Å²) in [6.45, 7) is 5.44. The standard InChI is InChI=1S/C13H19BrN2O2S/c1-10-8-15(3)9-11(2)16(10)19(17,18)13-6-4-5-12(14)7-13/h4-7,10-11H,8-9H2,1-3H3/t10-,11-/m0/s1. The smallest absolute Gasteiger partial charge is 0.243 e. The van der Waals surface area contributed by atoms with E-state index in [0.29, 0.717) is 4.90 Å². The Labute approximate surface area is 123 Å². The first-order valence-corrected chi connectivity index (χ1v) is 8.53. The Morgan fingerprint density at radius 3 is 2.32 bits per heavy atom. The van der Waals surface area contributed by atoms with E-state index in [-0.39, 0.29) is 12.1 Å². The molecule has 0 radical (unpaired) electrons. The Kier molecular flexibility index (Phi) is 4.35. The predicted molar refractivity (Wildman–Crippen MR) is 79.6 cm³/mol. The lowest BCUT2D eigenvalue weighted by atomic mass is 10.2. The molecule has 1 aliphatic rings. The second-order valence-electron chi connectivity index (χ2n) is 5.21. The highest BCUT2D eigenvalue weighted by Crippen LogP contribution is 2.26. The Balaban J connectivity index is 2.39. The minimum Gasteiger partial charge on any atom is -0.303 e. The molecule has 0 aliphatic carbocycles. The topological polar surface area (TPSA) is 40.6 Å². The van der Waals surface area contributed by atoms with Gasteiger partial charge < -0.3 is 4.90 Å². The largest absolute Gasteiger partial charge is 0.303 e. The van der Waals surface area contributed by atoms with Crippen molar-refractivity contribution < 1.29 is 8.42 Å². The van der Waals surface area contributed by atoms with E-state index in [1.165, 1.54) is 0 Å². The van der Waals surface area contributed by atoms with Gasteiger partial charge in [0.2, 0.25) is 10.0 Å². The highest BCUT2D eigenvalue weighted by Gasteiger charge is 2.37. The maximum atomic E-state index is 12.8. The van der Waals surface area contributed by atoms with Crippen molar-refractivity contribution in [3.8, 4) is 0 Å². The van der Waals surface area contributed by atoms with Crippen molar-refractivity contribution in [2.75, 3.05) is 20.1 Å². The summed E-state index contributed by atoms with van der Waals surface area (Å²) in [6.07, 6.45) is 0. The van der Waals surface area contributed by atoms with Crippen molar-refractivity contribution in [2.24, 2.45) is 0 Å². The fraction of sp³-hybridized carbons (Fsp3) is 0.538. The molecular formula is C13H19BrN2O2S. The zero-order valence-corrected chi connectivity index (χ0v) is 13.8. The minimum atomic E-state index is -3.43. The summed E-state index contributed by atoms with van der Waals surface area (Å²) in [5.74, 6) is 0. The third kappa shape index (κ3) is 3.02. The zero-order valence-electron chi connectivity index (χ0n) is 11.4. The van der Waals surface area contributed by atoms with Crippen molar-refractivity contribution >= 4 is 26.0 Å². The Morgan fingerprint density at radius 1 is 1.21 bits per heavy atom. The van der Waals surface area contributed by atoms with Gasteiger partial charge in [-0.2, -0.15) is 4.31 Å². The number of likely N-dealkylation sites (N-methyl/N-ethyl adjacent to an activating group) is 1. The normalized spacial score (nSPS) is 26.5. The van der Waals surface area contributed by atoms with E-state index < -0.39 is 10.0 Å². The molecule has 1 saturated heterocycles. The third-order valence-corrected chi connectivity index (χ3v) is 6.01. The zero-order chi connectivity index (χ0) is 14.2. The first-order valence-electron chi connectivity index (χ1n) is 6.30. The Bertz CT molecular complexity index is 550. The lowest BCUT2D eigenvalue weighted by Gasteiger charge is -2.42. The van der Waals surface area contributed by atoms with Crippen molar-refractivity contribution in [1.82, 2.24) is 9.21 Å². The van der Waals surface area contributed by atoms with E-state index in [1.807, 2.05) is 27.0 Å². The fourth-order valence-electron chi connectivity index (χ4n) is 2.79. The quantitative estimate of drug-likeness (QED) is 0.823. The summed E-state index contributed by atoms with van der Waals surface area (Å²) in [7, 11) is -1.41. The van der Waals surface area contributed by atoms with E-state index in [9.17, 15) is 8.42 Å². The molecule has 1 aliphatic heterocycles. The number of sulfonamides is 1. The van der Waals surface area contributed by atoms with E-state index in [1.54, 1.807) is 22.5 Å². The summed E-state index contributed by atoms with van der Waals surface area (Å²) >= 11 is 3.33. The summed E-state index contributed by atoms with van der Waals surface area (Å²) in [5.41, 5.74) is 0. The highest BCUT2D eigenvalue weighted by molar-refractivity contribution is 9.10. The average molecular weight is 347 g/mol. The van der Waals surface area contributed by atoms with Crippen LogP contribution in [-0.2, 0) is 10.0 Å². The van der Waals surface area contributed by atoms with Gasteiger partial charge in [0.05, 0.1) is 4.90 Å². The fourth-order valence-corrected chi connectivity index (χ4v) is 5.20. The van der Waals surface area contributed by atoms with Crippen LogP contribution in [0.4, 0.5) is 0 Å². The van der Waals surface area contributed by atoms with Crippen LogP contribution in [0.5, 0.6) is 0 Å². The molecule has 106 valence electrons. The Morgan fingerprint density at radius 2 is 1.79 bits per heavy atom. The monoisotopic (exact) mass is 346 g/mol. The van der Waals surface area contributed by atoms with Gasteiger partial charge in [-0.15, -0.1) is 0 Å². The molecule has 0 saturated carbocycles.